The summed E-state index contributed by atoms with van der Waals surface area (Å²) in [6.45, 7) is 11.6. The van der Waals surface area contributed by atoms with Crippen molar-refractivity contribution in [1.82, 2.24) is 0 Å². The number of carboxylic acids is 2. The van der Waals surface area contributed by atoms with Gasteiger partial charge in [0.25, 0.3) is 0 Å². The molecule has 3 rings (SSSR count). The molecule has 0 spiro atoms. The second-order valence-corrected chi connectivity index (χ2v) is 7.64. The van der Waals surface area contributed by atoms with Gasteiger partial charge in [0.2, 0.25) is 5.96 Å². The molecular formula is C24H31N3O5. The molecule has 32 heavy (non-hydrogen) atoms. The Morgan fingerprint density at radius 3 is 1.62 bits per heavy atom. The highest BCUT2D eigenvalue weighted by molar-refractivity contribution is 6.09. The van der Waals surface area contributed by atoms with Gasteiger partial charge in [0.15, 0.2) is 0 Å². The van der Waals surface area contributed by atoms with Gasteiger partial charge in [0.1, 0.15) is 0 Å². The van der Waals surface area contributed by atoms with Crippen LogP contribution in [0.2, 0.25) is 0 Å². The molecular weight excluding hydrogens is 410 g/mol. The van der Waals surface area contributed by atoms with E-state index < -0.39 is 11.9 Å². The van der Waals surface area contributed by atoms with Gasteiger partial charge >= 0.3 is 11.9 Å². The van der Waals surface area contributed by atoms with Crippen LogP contribution >= 0.6 is 0 Å². The lowest BCUT2D eigenvalue weighted by Gasteiger charge is -2.28. The van der Waals surface area contributed by atoms with E-state index in [0.717, 1.165) is 6.54 Å². The van der Waals surface area contributed by atoms with E-state index in [2.05, 4.69) is 80.8 Å². The van der Waals surface area contributed by atoms with Crippen LogP contribution in [-0.4, -0.2) is 46.2 Å². The molecule has 1 atom stereocenters. The highest BCUT2D eigenvalue weighted by Gasteiger charge is 2.35. The number of nitrogens with zero attached hydrogens (tertiary/aromatic N) is 2. The zero-order chi connectivity index (χ0) is 23.3. The number of hydrogen-bond acceptors (Lipinski definition) is 3. The molecule has 8 nitrogen and oxygen atoms in total. The molecule has 5 N–H and O–H groups in total. The summed E-state index contributed by atoms with van der Waals surface area (Å²) in [6.07, 6.45) is 1.12. The van der Waals surface area contributed by atoms with E-state index in [1.807, 2.05) is 0 Å². The second-order valence-electron chi connectivity index (χ2n) is 7.64. The minimum absolute atomic E-state index is 0. The minimum atomic E-state index is -1.26. The van der Waals surface area contributed by atoms with E-state index in [-0.39, 0.29) is 11.5 Å². The lowest BCUT2D eigenvalue weighted by molar-refractivity contribution is -0.134. The second kappa shape index (κ2) is 11.1. The van der Waals surface area contributed by atoms with Gasteiger partial charge in [-0.2, -0.15) is 0 Å². The number of carboxylic acid groups (broad SMARTS) is 2. The molecule has 2 aromatic rings. The normalized spacial score (nSPS) is 15.3. The number of carbonyl (C=O) groups is 2. The molecule has 1 aliphatic rings. The van der Waals surface area contributed by atoms with Crippen molar-refractivity contribution in [2.24, 2.45) is 0 Å². The van der Waals surface area contributed by atoms with E-state index >= 15 is 0 Å². The topological polar surface area (TPSA) is 136 Å². The fourth-order valence-electron chi connectivity index (χ4n) is 3.85. The Morgan fingerprint density at radius 1 is 0.875 bits per heavy atom. The Kier molecular flexibility index (Phi) is 9.16. The molecule has 1 heterocycles. The lowest BCUT2D eigenvalue weighted by Crippen LogP contribution is -2.36. The zero-order valence-corrected chi connectivity index (χ0v) is 19.0. The fraction of sp³-hybridized carbons (Fsp3) is 0.292. The summed E-state index contributed by atoms with van der Waals surface area (Å²) in [6, 6.07) is 13.0. The van der Waals surface area contributed by atoms with E-state index in [1.54, 1.807) is 0 Å². The number of para-hydroxylation sites is 2. The predicted octanol–water partition coefficient (Wildman–Crippen LogP) is 3.46. The van der Waals surface area contributed by atoms with Crippen molar-refractivity contribution in [2.75, 3.05) is 16.3 Å². The number of aryl methyl sites for hydroxylation is 4. The SMILES string of the molecule is Cc1cccc(C)c1N1CC(C)N(c2c(C)cccc2C)C1=N.O.O=C(O)/C=C/C(=O)O. The number of nitrogens with one attached hydrogen (secondary N) is 1. The smallest absolute Gasteiger partial charge is 0.328 e. The number of benzene rings is 2. The summed E-state index contributed by atoms with van der Waals surface area (Å²) < 4.78 is 0. The molecule has 8 heteroatoms. The Labute approximate surface area is 188 Å². The van der Waals surface area contributed by atoms with Crippen LogP contribution in [0.1, 0.15) is 29.2 Å². The average Bonchev–Trinajstić information content (AvgIpc) is 2.95. The van der Waals surface area contributed by atoms with Gasteiger partial charge < -0.3 is 25.5 Å². The van der Waals surface area contributed by atoms with E-state index in [4.69, 9.17) is 15.6 Å². The maximum Gasteiger partial charge on any atom is 0.328 e. The van der Waals surface area contributed by atoms with Crippen LogP contribution in [0, 0.1) is 33.1 Å². The minimum Gasteiger partial charge on any atom is -0.478 e. The molecule has 1 fully saturated rings. The van der Waals surface area contributed by atoms with Crippen molar-refractivity contribution in [3.8, 4) is 0 Å². The average molecular weight is 442 g/mol. The van der Waals surface area contributed by atoms with E-state index in [0.29, 0.717) is 18.1 Å². The monoisotopic (exact) mass is 441 g/mol. The lowest BCUT2D eigenvalue weighted by atomic mass is 10.1. The van der Waals surface area contributed by atoms with Crippen molar-refractivity contribution in [3.63, 3.8) is 0 Å². The first-order valence-electron chi connectivity index (χ1n) is 9.96. The maximum absolute atomic E-state index is 9.55. The number of anilines is 2. The van der Waals surface area contributed by atoms with Gasteiger partial charge in [0, 0.05) is 30.1 Å². The van der Waals surface area contributed by atoms with Crippen molar-refractivity contribution < 1.29 is 25.3 Å². The van der Waals surface area contributed by atoms with Crippen LogP contribution in [0.15, 0.2) is 48.6 Å². The summed E-state index contributed by atoms with van der Waals surface area (Å²) >= 11 is 0. The summed E-state index contributed by atoms with van der Waals surface area (Å²) in [5.41, 5.74) is 7.27. The van der Waals surface area contributed by atoms with E-state index in [1.165, 1.54) is 33.6 Å². The number of rotatable bonds is 4. The molecule has 0 bridgehead atoms. The van der Waals surface area contributed by atoms with Crippen molar-refractivity contribution >= 4 is 29.3 Å². The third kappa shape index (κ3) is 5.95. The van der Waals surface area contributed by atoms with Crippen LogP contribution < -0.4 is 9.80 Å². The Balaban J connectivity index is 0.000000491. The molecule has 172 valence electrons. The van der Waals surface area contributed by atoms with Gasteiger partial charge in [-0.25, -0.2) is 9.59 Å². The molecule has 0 aromatic heterocycles. The quantitative estimate of drug-likeness (QED) is 0.622. The zero-order valence-electron chi connectivity index (χ0n) is 19.0. The van der Waals surface area contributed by atoms with Gasteiger partial charge in [-0.1, -0.05) is 36.4 Å². The Hall–Kier alpha value is -3.65. The molecule has 1 unspecified atom stereocenters. The van der Waals surface area contributed by atoms with Crippen LogP contribution in [0.3, 0.4) is 0 Å². The van der Waals surface area contributed by atoms with Crippen molar-refractivity contribution in [1.29, 1.82) is 5.41 Å². The molecule has 0 amide bonds. The first-order valence-corrected chi connectivity index (χ1v) is 9.96. The van der Waals surface area contributed by atoms with Gasteiger partial charge in [-0.15, -0.1) is 0 Å². The Bertz CT molecular complexity index is 976. The van der Waals surface area contributed by atoms with Crippen molar-refractivity contribution in [3.05, 3.63) is 70.8 Å². The first-order chi connectivity index (χ1) is 14.5. The third-order valence-electron chi connectivity index (χ3n) is 5.13. The Morgan fingerprint density at radius 2 is 1.25 bits per heavy atom. The first kappa shape index (κ1) is 26.4. The fourth-order valence-corrected chi connectivity index (χ4v) is 3.85. The van der Waals surface area contributed by atoms with Gasteiger partial charge in [-0.3, -0.25) is 5.41 Å². The van der Waals surface area contributed by atoms with Crippen LogP contribution in [0.5, 0.6) is 0 Å². The van der Waals surface area contributed by atoms with Crippen molar-refractivity contribution in [2.45, 2.75) is 40.7 Å². The van der Waals surface area contributed by atoms with Gasteiger partial charge in [-0.05, 0) is 56.9 Å². The molecule has 0 saturated carbocycles. The number of hydrogen-bond donors (Lipinski definition) is 3. The summed E-state index contributed by atoms with van der Waals surface area (Å²) in [5.74, 6) is -1.94. The van der Waals surface area contributed by atoms with E-state index in [9.17, 15) is 9.59 Å². The number of guanidine groups is 1. The summed E-state index contributed by atoms with van der Waals surface area (Å²) in [5, 5.41) is 24.4. The maximum atomic E-state index is 9.55. The predicted molar refractivity (Wildman–Crippen MR) is 127 cm³/mol. The third-order valence-corrected chi connectivity index (χ3v) is 5.13. The largest absolute Gasteiger partial charge is 0.478 e. The molecule has 0 aliphatic carbocycles. The molecule has 1 saturated heterocycles. The molecule has 1 aliphatic heterocycles. The standard InChI is InChI=1S/C20H25N3.C4H4O4.H2O/c1-13-8-6-9-14(2)18(13)22-12-17(5)23(20(22)21)19-15(3)10-7-11-16(19)4;5-3(6)1-2-4(7)8;/h6-11,17,21H,12H2,1-5H3;1-2H,(H,5,6)(H,7,8);1H2/b;2-1+;. The molecule has 2 aromatic carbocycles. The highest BCUT2D eigenvalue weighted by atomic mass is 16.4. The van der Waals surface area contributed by atoms with Crippen LogP contribution in [-0.2, 0) is 9.59 Å². The van der Waals surface area contributed by atoms with Crippen LogP contribution in [0.25, 0.3) is 0 Å². The highest BCUT2D eigenvalue weighted by Crippen LogP contribution is 2.35. The summed E-state index contributed by atoms with van der Waals surface area (Å²) in [4.78, 5) is 23.4. The molecule has 0 radical (unpaired) electrons. The van der Waals surface area contributed by atoms with Gasteiger partial charge in [0.05, 0.1) is 6.04 Å². The number of aliphatic carboxylic acids is 2. The van der Waals surface area contributed by atoms with Crippen LogP contribution in [0.4, 0.5) is 11.4 Å². The summed E-state index contributed by atoms with van der Waals surface area (Å²) in [7, 11) is 0.